The predicted molar refractivity (Wildman–Crippen MR) is 67.8 cm³/mol. The Kier molecular flexibility index (Phi) is 5.97. The summed E-state index contributed by atoms with van der Waals surface area (Å²) in [6.45, 7) is 2.20. The van der Waals surface area contributed by atoms with Crippen LogP contribution in [-0.4, -0.2) is 15.7 Å². The number of hydrogen-bond acceptors (Lipinski definition) is 5. The summed E-state index contributed by atoms with van der Waals surface area (Å²) in [7, 11) is 0. The molecule has 6 heteroatoms. The first-order chi connectivity index (χ1) is 7.27. The van der Waals surface area contributed by atoms with Crippen LogP contribution in [0.1, 0.15) is 26.2 Å². The van der Waals surface area contributed by atoms with E-state index in [0.29, 0.717) is 5.95 Å². The lowest BCUT2D eigenvalue weighted by molar-refractivity contribution is 0.778. The summed E-state index contributed by atoms with van der Waals surface area (Å²) in [5, 5.41) is 0.939. The van der Waals surface area contributed by atoms with E-state index in [1.807, 2.05) is 0 Å². The smallest absolute Gasteiger partial charge is 0.238 e. The average Bonchev–Trinajstić information content (AvgIpc) is 2.26. The molecule has 0 fully saturated rings. The number of aromatic nitrogens is 2. The monoisotopic (exact) mass is 290 g/mol. The molecule has 0 amide bonds. The van der Waals surface area contributed by atoms with Crippen molar-refractivity contribution in [1.29, 1.82) is 0 Å². The van der Waals surface area contributed by atoms with Crippen molar-refractivity contribution in [3.63, 3.8) is 0 Å². The van der Waals surface area contributed by atoms with Gasteiger partial charge >= 0.3 is 0 Å². The third-order valence-electron chi connectivity index (χ3n) is 1.83. The van der Waals surface area contributed by atoms with Gasteiger partial charge in [-0.25, -0.2) is 15.8 Å². The van der Waals surface area contributed by atoms with Crippen LogP contribution in [0, 0.1) is 0 Å². The van der Waals surface area contributed by atoms with Gasteiger partial charge in [0.2, 0.25) is 5.95 Å². The normalized spacial score (nSPS) is 10.3. The van der Waals surface area contributed by atoms with Crippen molar-refractivity contribution < 1.29 is 0 Å². The number of unbranched alkanes of at least 4 members (excludes halogenated alkanes) is 2. The Morgan fingerprint density at radius 2 is 2.33 bits per heavy atom. The molecule has 0 spiro atoms. The van der Waals surface area contributed by atoms with Crippen molar-refractivity contribution in [2.75, 3.05) is 11.2 Å². The van der Waals surface area contributed by atoms with Gasteiger partial charge in [0.15, 0.2) is 0 Å². The summed E-state index contributed by atoms with van der Waals surface area (Å²) in [5.74, 6) is 6.78. The number of thioether (sulfide) groups is 1. The molecule has 0 radical (unpaired) electrons. The Morgan fingerprint density at radius 1 is 1.53 bits per heavy atom. The van der Waals surface area contributed by atoms with E-state index in [1.165, 1.54) is 19.3 Å². The fraction of sp³-hybridized carbons (Fsp3) is 0.556. The minimum Gasteiger partial charge on any atom is -0.292 e. The lowest BCUT2D eigenvalue weighted by atomic mass is 10.3. The first-order valence-electron chi connectivity index (χ1n) is 4.90. The highest BCUT2D eigenvalue weighted by molar-refractivity contribution is 9.10. The van der Waals surface area contributed by atoms with Gasteiger partial charge in [-0.05, 0) is 28.1 Å². The van der Waals surface area contributed by atoms with Crippen molar-refractivity contribution in [3.05, 3.63) is 10.7 Å². The van der Waals surface area contributed by atoms with Gasteiger partial charge in [0.1, 0.15) is 5.03 Å². The standard InChI is InChI=1S/C9H15BrN4S/c1-2-3-4-5-15-8-7(10)6-12-9(13-8)14-11/h6H,2-5,11H2,1H3,(H,12,13,14). The van der Waals surface area contributed by atoms with Gasteiger partial charge < -0.3 is 0 Å². The zero-order valence-electron chi connectivity index (χ0n) is 8.66. The highest BCUT2D eigenvalue weighted by atomic mass is 79.9. The first kappa shape index (κ1) is 12.7. The number of nitrogen functional groups attached to an aromatic ring is 1. The third-order valence-corrected chi connectivity index (χ3v) is 3.75. The number of rotatable bonds is 6. The topological polar surface area (TPSA) is 63.8 Å². The molecule has 0 bridgehead atoms. The van der Waals surface area contributed by atoms with E-state index < -0.39 is 0 Å². The van der Waals surface area contributed by atoms with Gasteiger partial charge in [-0.1, -0.05) is 19.8 Å². The van der Waals surface area contributed by atoms with Crippen molar-refractivity contribution in [1.82, 2.24) is 9.97 Å². The highest BCUT2D eigenvalue weighted by Gasteiger charge is 2.04. The molecule has 1 aromatic heterocycles. The number of nitrogens with zero attached hydrogens (tertiary/aromatic N) is 2. The molecule has 0 aliphatic rings. The van der Waals surface area contributed by atoms with E-state index in [4.69, 9.17) is 5.84 Å². The molecular formula is C9H15BrN4S. The Morgan fingerprint density at radius 3 is 3.00 bits per heavy atom. The zero-order valence-corrected chi connectivity index (χ0v) is 11.1. The minimum atomic E-state index is 0.455. The molecule has 4 nitrogen and oxygen atoms in total. The molecule has 1 heterocycles. The first-order valence-corrected chi connectivity index (χ1v) is 6.67. The molecular weight excluding hydrogens is 276 g/mol. The summed E-state index contributed by atoms with van der Waals surface area (Å²) in [5.41, 5.74) is 2.44. The van der Waals surface area contributed by atoms with Crippen LogP contribution in [0.3, 0.4) is 0 Å². The molecule has 1 rings (SSSR count). The molecule has 0 atom stereocenters. The van der Waals surface area contributed by atoms with Crippen molar-refractivity contribution in [3.8, 4) is 0 Å². The lowest BCUT2D eigenvalue weighted by Crippen LogP contribution is -2.10. The second-order valence-corrected chi connectivity index (χ2v) is 4.98. The van der Waals surface area contributed by atoms with Crippen LogP contribution in [-0.2, 0) is 0 Å². The minimum absolute atomic E-state index is 0.455. The largest absolute Gasteiger partial charge is 0.292 e. The van der Waals surface area contributed by atoms with Crippen LogP contribution in [0.4, 0.5) is 5.95 Å². The molecule has 0 aromatic carbocycles. The zero-order chi connectivity index (χ0) is 11.1. The van der Waals surface area contributed by atoms with E-state index in [9.17, 15) is 0 Å². The summed E-state index contributed by atoms with van der Waals surface area (Å²) >= 11 is 5.14. The van der Waals surface area contributed by atoms with Crippen LogP contribution in [0.15, 0.2) is 15.7 Å². The van der Waals surface area contributed by atoms with Gasteiger partial charge in [0.05, 0.1) is 4.47 Å². The highest BCUT2D eigenvalue weighted by Crippen LogP contribution is 2.26. The Bertz CT molecular complexity index is 308. The molecule has 15 heavy (non-hydrogen) atoms. The lowest BCUT2D eigenvalue weighted by Gasteiger charge is -2.04. The van der Waals surface area contributed by atoms with Crippen LogP contribution in [0.5, 0.6) is 0 Å². The van der Waals surface area contributed by atoms with Crippen molar-refractivity contribution >= 4 is 33.6 Å². The van der Waals surface area contributed by atoms with Crippen LogP contribution < -0.4 is 11.3 Å². The summed E-state index contributed by atoms with van der Waals surface area (Å²) in [6.07, 6.45) is 5.42. The molecule has 0 unspecified atom stereocenters. The Labute approximate surface area is 103 Å². The van der Waals surface area contributed by atoms with Gasteiger partial charge in [-0.3, -0.25) is 5.43 Å². The number of nitrogens with one attached hydrogen (secondary N) is 1. The maximum Gasteiger partial charge on any atom is 0.238 e. The van der Waals surface area contributed by atoms with Crippen molar-refractivity contribution in [2.24, 2.45) is 5.84 Å². The number of anilines is 1. The third kappa shape index (κ3) is 4.36. The molecule has 0 saturated heterocycles. The van der Waals surface area contributed by atoms with Crippen molar-refractivity contribution in [2.45, 2.75) is 31.2 Å². The number of hydrogen-bond donors (Lipinski definition) is 2. The summed E-state index contributed by atoms with van der Waals surface area (Å²) in [6, 6.07) is 0. The molecule has 0 saturated carbocycles. The van der Waals surface area contributed by atoms with Gasteiger partial charge in [-0.15, -0.1) is 11.8 Å². The van der Waals surface area contributed by atoms with Crippen LogP contribution in [0.2, 0.25) is 0 Å². The van der Waals surface area contributed by atoms with E-state index in [-0.39, 0.29) is 0 Å². The van der Waals surface area contributed by atoms with Gasteiger partial charge in [0, 0.05) is 6.20 Å². The summed E-state index contributed by atoms with van der Waals surface area (Å²) < 4.78 is 0.919. The molecule has 3 N–H and O–H groups in total. The average molecular weight is 291 g/mol. The molecule has 1 aromatic rings. The number of hydrazine groups is 1. The van der Waals surface area contributed by atoms with Crippen LogP contribution in [0.25, 0.3) is 0 Å². The SMILES string of the molecule is CCCCCSc1nc(NN)ncc1Br. The fourth-order valence-corrected chi connectivity index (χ4v) is 2.46. The maximum atomic E-state index is 5.25. The second kappa shape index (κ2) is 7.03. The summed E-state index contributed by atoms with van der Waals surface area (Å²) in [4.78, 5) is 8.25. The quantitative estimate of drug-likeness (QED) is 0.277. The molecule has 0 aliphatic heterocycles. The maximum absolute atomic E-state index is 5.25. The molecule has 84 valence electrons. The second-order valence-electron chi connectivity index (χ2n) is 3.05. The van der Waals surface area contributed by atoms with E-state index >= 15 is 0 Å². The number of nitrogens with two attached hydrogens (primary N) is 1. The van der Waals surface area contributed by atoms with E-state index in [1.54, 1.807) is 18.0 Å². The number of halogens is 1. The van der Waals surface area contributed by atoms with E-state index in [2.05, 4.69) is 38.2 Å². The Balaban J connectivity index is 2.51. The predicted octanol–water partition coefficient (Wildman–Crippen LogP) is 2.81. The Hall–Kier alpha value is -0.330. The van der Waals surface area contributed by atoms with Gasteiger partial charge in [-0.2, -0.15) is 0 Å². The fourth-order valence-electron chi connectivity index (χ4n) is 1.04. The van der Waals surface area contributed by atoms with E-state index in [0.717, 1.165) is 15.3 Å². The van der Waals surface area contributed by atoms with Crippen LogP contribution >= 0.6 is 27.7 Å². The molecule has 0 aliphatic carbocycles. The van der Waals surface area contributed by atoms with Gasteiger partial charge in [0.25, 0.3) is 0 Å².